The molecule has 3 heterocycles. The normalized spacial score (nSPS) is 10.8. The molecule has 0 atom stereocenters. The predicted molar refractivity (Wildman–Crippen MR) is 125 cm³/mol. The van der Waals surface area contributed by atoms with Gasteiger partial charge in [0.25, 0.3) is 11.5 Å². The smallest absolute Gasteiger partial charge is 0.275 e. The zero-order chi connectivity index (χ0) is 23.5. The molecule has 2 N–H and O–H groups in total. The van der Waals surface area contributed by atoms with Gasteiger partial charge in [-0.1, -0.05) is 35.3 Å². The van der Waals surface area contributed by atoms with Gasteiger partial charge in [-0.25, -0.2) is 9.97 Å². The zero-order valence-corrected chi connectivity index (χ0v) is 19.1. The number of hydrogen-bond acceptors (Lipinski definition) is 6. The molecule has 0 saturated carbocycles. The number of ether oxygens (including phenoxy) is 1. The number of benzene rings is 1. The number of amides is 1. The Bertz CT molecular complexity index is 1380. The molecular formula is C22H18Cl2N6O3. The first-order valence-corrected chi connectivity index (χ1v) is 10.5. The highest BCUT2D eigenvalue weighted by Crippen LogP contribution is 2.25. The van der Waals surface area contributed by atoms with E-state index in [-0.39, 0.29) is 10.7 Å². The quantitative estimate of drug-likeness (QED) is 0.429. The van der Waals surface area contributed by atoms with Crippen molar-refractivity contribution in [1.82, 2.24) is 24.7 Å². The molecule has 0 unspecified atom stereocenters. The van der Waals surface area contributed by atoms with E-state index in [1.165, 1.54) is 16.9 Å². The molecule has 0 radical (unpaired) electrons. The van der Waals surface area contributed by atoms with E-state index in [0.717, 1.165) is 17.4 Å². The van der Waals surface area contributed by atoms with E-state index >= 15 is 0 Å². The molecule has 0 bridgehead atoms. The number of hydrogen-bond donors (Lipinski definition) is 2. The highest BCUT2D eigenvalue weighted by atomic mass is 35.5. The maximum atomic E-state index is 12.9. The van der Waals surface area contributed by atoms with Crippen LogP contribution in [0.3, 0.4) is 0 Å². The summed E-state index contributed by atoms with van der Waals surface area (Å²) < 4.78 is 6.54. The predicted octanol–water partition coefficient (Wildman–Crippen LogP) is 3.82. The lowest BCUT2D eigenvalue weighted by molar-refractivity contribution is 0.102. The summed E-state index contributed by atoms with van der Waals surface area (Å²) in [5.74, 6) is 1.10. The molecule has 3 aromatic heterocycles. The minimum absolute atomic E-state index is 0.0390. The van der Waals surface area contributed by atoms with Crippen LogP contribution in [0.1, 0.15) is 27.6 Å². The molecule has 1 amide bonds. The van der Waals surface area contributed by atoms with Crippen LogP contribution >= 0.6 is 23.2 Å². The summed E-state index contributed by atoms with van der Waals surface area (Å²) in [7, 11) is 1.58. The molecule has 33 heavy (non-hydrogen) atoms. The molecule has 4 aromatic rings. The van der Waals surface area contributed by atoms with E-state index in [9.17, 15) is 9.59 Å². The Hall–Kier alpha value is -3.69. The second-order valence-electron chi connectivity index (χ2n) is 7.10. The van der Waals surface area contributed by atoms with Crippen molar-refractivity contribution in [1.29, 1.82) is 0 Å². The number of halogens is 2. The van der Waals surface area contributed by atoms with Gasteiger partial charge in [-0.2, -0.15) is 9.78 Å². The highest BCUT2D eigenvalue weighted by Gasteiger charge is 2.17. The summed E-state index contributed by atoms with van der Waals surface area (Å²) in [5, 5.41) is 7.69. The summed E-state index contributed by atoms with van der Waals surface area (Å²) in [6, 6.07) is 11.6. The van der Waals surface area contributed by atoms with Gasteiger partial charge < -0.3 is 15.0 Å². The molecule has 0 aliphatic heterocycles. The molecule has 1 aromatic carbocycles. The molecule has 0 spiro atoms. The van der Waals surface area contributed by atoms with Crippen molar-refractivity contribution in [3.05, 3.63) is 91.8 Å². The lowest BCUT2D eigenvalue weighted by Crippen LogP contribution is -2.22. The van der Waals surface area contributed by atoms with E-state index in [1.54, 1.807) is 20.1 Å². The van der Waals surface area contributed by atoms with Gasteiger partial charge in [0.1, 0.15) is 23.1 Å². The summed E-state index contributed by atoms with van der Waals surface area (Å²) >= 11 is 12.2. The largest absolute Gasteiger partial charge is 0.497 e. The van der Waals surface area contributed by atoms with Crippen LogP contribution in [0.5, 0.6) is 5.75 Å². The van der Waals surface area contributed by atoms with Gasteiger partial charge in [-0.15, -0.1) is 0 Å². The topological polar surface area (TPSA) is 115 Å². The van der Waals surface area contributed by atoms with Crippen molar-refractivity contribution in [2.24, 2.45) is 0 Å². The summed E-state index contributed by atoms with van der Waals surface area (Å²) in [4.78, 5) is 36.3. The summed E-state index contributed by atoms with van der Waals surface area (Å²) in [5.41, 5.74) is 1.04. The first kappa shape index (κ1) is 22.5. The number of aromatic nitrogens is 5. The number of rotatable bonds is 6. The number of aryl methyl sites for hydroxylation is 1. The third-order valence-corrected chi connectivity index (χ3v) is 5.10. The fraction of sp³-hybridized carbons (Fsp3) is 0.136. The molecule has 9 nitrogen and oxygen atoms in total. The highest BCUT2D eigenvalue weighted by molar-refractivity contribution is 6.35. The Morgan fingerprint density at radius 2 is 1.94 bits per heavy atom. The second-order valence-corrected chi connectivity index (χ2v) is 7.94. The Kier molecular flexibility index (Phi) is 6.43. The molecule has 0 aliphatic rings. The van der Waals surface area contributed by atoms with Crippen LogP contribution in [0.25, 0.3) is 5.82 Å². The van der Waals surface area contributed by atoms with E-state index in [0.29, 0.717) is 34.6 Å². The second kappa shape index (κ2) is 9.43. The monoisotopic (exact) mass is 484 g/mol. The molecular weight excluding hydrogens is 467 g/mol. The molecule has 0 fully saturated rings. The molecule has 4 rings (SSSR count). The van der Waals surface area contributed by atoms with Gasteiger partial charge in [-0.3, -0.25) is 9.59 Å². The third kappa shape index (κ3) is 5.21. The van der Waals surface area contributed by atoms with Gasteiger partial charge in [0.05, 0.1) is 22.8 Å². The standard InChI is InChI=1S/C22H18Cl2N6O3/c1-12-7-19(30(29-12)21-16(24)9-14(23)11-25-21)28-22(32)17-10-20(31)27-18(26-17)8-13-3-5-15(33-2)6-4-13/h3-7,9-11H,8H2,1-2H3,(H,28,32)(H,26,27,31). The van der Waals surface area contributed by atoms with Crippen LogP contribution in [0, 0.1) is 6.92 Å². The van der Waals surface area contributed by atoms with Crippen molar-refractivity contribution in [3.8, 4) is 11.6 Å². The minimum atomic E-state index is -0.580. The minimum Gasteiger partial charge on any atom is -0.497 e. The van der Waals surface area contributed by atoms with Gasteiger partial charge >= 0.3 is 0 Å². The average Bonchev–Trinajstić information content (AvgIpc) is 3.13. The maximum absolute atomic E-state index is 12.9. The summed E-state index contributed by atoms with van der Waals surface area (Å²) in [6.07, 6.45) is 1.76. The van der Waals surface area contributed by atoms with E-state index < -0.39 is 11.5 Å². The van der Waals surface area contributed by atoms with Crippen molar-refractivity contribution in [2.75, 3.05) is 12.4 Å². The fourth-order valence-electron chi connectivity index (χ4n) is 3.14. The van der Waals surface area contributed by atoms with Crippen LogP contribution in [0.4, 0.5) is 5.82 Å². The number of carbonyl (C=O) groups is 1. The van der Waals surface area contributed by atoms with Crippen molar-refractivity contribution in [2.45, 2.75) is 13.3 Å². The van der Waals surface area contributed by atoms with Crippen molar-refractivity contribution in [3.63, 3.8) is 0 Å². The Morgan fingerprint density at radius 3 is 2.64 bits per heavy atom. The lowest BCUT2D eigenvalue weighted by atomic mass is 10.1. The van der Waals surface area contributed by atoms with Crippen LogP contribution in [0.2, 0.25) is 10.0 Å². The first-order chi connectivity index (χ1) is 15.8. The van der Waals surface area contributed by atoms with E-state index in [2.05, 4.69) is 25.4 Å². The zero-order valence-electron chi connectivity index (χ0n) is 17.6. The SMILES string of the molecule is COc1ccc(Cc2nc(C(=O)Nc3cc(C)nn3-c3ncc(Cl)cc3Cl)cc(=O)[nH]2)cc1. The molecule has 11 heteroatoms. The van der Waals surface area contributed by atoms with Crippen molar-refractivity contribution >= 4 is 34.9 Å². The molecule has 0 saturated heterocycles. The molecule has 0 aliphatic carbocycles. The molecule has 168 valence electrons. The number of nitrogens with one attached hydrogen (secondary N) is 2. The first-order valence-electron chi connectivity index (χ1n) is 9.75. The van der Waals surface area contributed by atoms with Crippen molar-refractivity contribution < 1.29 is 9.53 Å². The number of methoxy groups -OCH3 is 1. The van der Waals surface area contributed by atoms with Crippen LogP contribution in [-0.2, 0) is 6.42 Å². The Balaban J connectivity index is 1.60. The maximum Gasteiger partial charge on any atom is 0.275 e. The number of H-pyrrole nitrogens is 1. The third-order valence-electron chi connectivity index (χ3n) is 4.62. The Labute approximate surface area is 198 Å². The number of pyridine rings is 1. The number of aromatic amines is 1. The Morgan fingerprint density at radius 1 is 1.18 bits per heavy atom. The summed E-state index contributed by atoms with van der Waals surface area (Å²) in [6.45, 7) is 1.76. The van der Waals surface area contributed by atoms with E-state index in [4.69, 9.17) is 27.9 Å². The van der Waals surface area contributed by atoms with Gasteiger partial charge in [0.15, 0.2) is 5.82 Å². The van der Waals surface area contributed by atoms with Gasteiger partial charge in [-0.05, 0) is 30.7 Å². The number of carbonyl (C=O) groups excluding carboxylic acids is 1. The average molecular weight is 485 g/mol. The van der Waals surface area contributed by atoms with Gasteiger partial charge in [0.2, 0.25) is 0 Å². The lowest BCUT2D eigenvalue weighted by Gasteiger charge is -2.10. The van der Waals surface area contributed by atoms with Crippen LogP contribution < -0.4 is 15.6 Å². The van der Waals surface area contributed by atoms with Crippen LogP contribution in [0.15, 0.2) is 53.5 Å². The number of nitrogens with zero attached hydrogens (tertiary/aromatic N) is 4. The van der Waals surface area contributed by atoms with Crippen LogP contribution in [-0.4, -0.2) is 37.7 Å². The fourth-order valence-corrected chi connectivity index (χ4v) is 3.60. The van der Waals surface area contributed by atoms with Gasteiger partial charge in [0, 0.05) is 24.8 Å². The van der Waals surface area contributed by atoms with E-state index in [1.807, 2.05) is 24.3 Å². The number of anilines is 1.